The van der Waals surface area contributed by atoms with Gasteiger partial charge in [-0.15, -0.1) is 0 Å². The first-order valence-electron chi connectivity index (χ1n) is 7.56. The summed E-state index contributed by atoms with van der Waals surface area (Å²) in [5.41, 5.74) is -1.02. The van der Waals surface area contributed by atoms with Crippen LogP contribution >= 0.6 is 0 Å². The fourth-order valence-corrected chi connectivity index (χ4v) is 1.95. The molecule has 1 unspecified atom stereocenters. The van der Waals surface area contributed by atoms with E-state index < -0.39 is 5.60 Å². The van der Waals surface area contributed by atoms with E-state index in [4.69, 9.17) is 9.47 Å². The van der Waals surface area contributed by atoms with Crippen molar-refractivity contribution in [1.82, 2.24) is 10.6 Å². The van der Waals surface area contributed by atoms with Crippen molar-refractivity contribution in [3.8, 4) is 0 Å². The number of alkyl carbamates (subject to hydrolysis) is 1. The SMILES string of the molecule is COC(C)(C)CC(C)NCC(C)(C)NC(=O)OC(C)(C)C. The summed E-state index contributed by atoms with van der Waals surface area (Å²) in [4.78, 5) is 11.8. The fourth-order valence-electron chi connectivity index (χ4n) is 1.95. The Hall–Kier alpha value is -0.810. The molecule has 0 aliphatic rings. The highest BCUT2D eigenvalue weighted by molar-refractivity contribution is 5.68. The third-order valence-electron chi connectivity index (χ3n) is 3.08. The highest BCUT2D eigenvalue weighted by atomic mass is 16.6. The minimum absolute atomic E-state index is 0.158. The minimum Gasteiger partial charge on any atom is -0.444 e. The number of hydrogen-bond donors (Lipinski definition) is 2. The summed E-state index contributed by atoms with van der Waals surface area (Å²) in [5, 5.41) is 6.32. The van der Waals surface area contributed by atoms with E-state index in [0.29, 0.717) is 12.6 Å². The molecule has 0 fully saturated rings. The van der Waals surface area contributed by atoms with Gasteiger partial charge in [-0.2, -0.15) is 0 Å². The van der Waals surface area contributed by atoms with Crippen molar-refractivity contribution < 1.29 is 14.3 Å². The van der Waals surface area contributed by atoms with Gasteiger partial charge >= 0.3 is 6.09 Å². The second-order valence-corrected chi connectivity index (χ2v) is 7.96. The molecule has 0 rings (SSSR count). The highest BCUT2D eigenvalue weighted by Gasteiger charge is 2.26. The van der Waals surface area contributed by atoms with Crippen LogP contribution < -0.4 is 10.6 Å². The van der Waals surface area contributed by atoms with Crippen LogP contribution in [0.3, 0.4) is 0 Å². The third kappa shape index (κ3) is 10.5. The summed E-state index contributed by atoms with van der Waals surface area (Å²) < 4.78 is 10.7. The molecule has 1 atom stereocenters. The predicted molar refractivity (Wildman–Crippen MR) is 86.6 cm³/mol. The van der Waals surface area contributed by atoms with E-state index in [1.165, 1.54) is 0 Å². The van der Waals surface area contributed by atoms with Crippen LogP contribution in [0, 0.1) is 0 Å². The summed E-state index contributed by atoms with van der Waals surface area (Å²) in [7, 11) is 1.72. The van der Waals surface area contributed by atoms with E-state index >= 15 is 0 Å². The number of nitrogens with one attached hydrogen (secondary N) is 2. The number of carbonyl (C=O) groups is 1. The van der Waals surface area contributed by atoms with Crippen LogP contribution in [0.15, 0.2) is 0 Å². The van der Waals surface area contributed by atoms with Crippen molar-refractivity contribution in [3.63, 3.8) is 0 Å². The lowest BCUT2D eigenvalue weighted by molar-refractivity contribution is 0.00786. The largest absolute Gasteiger partial charge is 0.444 e. The lowest BCUT2D eigenvalue weighted by atomic mass is 9.98. The fraction of sp³-hybridized carbons (Fsp3) is 0.938. The molecule has 21 heavy (non-hydrogen) atoms. The molecule has 0 saturated heterocycles. The molecule has 0 aromatic heterocycles. The molecule has 0 aliphatic carbocycles. The Labute approximate surface area is 130 Å². The quantitative estimate of drug-likeness (QED) is 0.759. The van der Waals surface area contributed by atoms with Crippen LogP contribution in [0.1, 0.15) is 61.8 Å². The van der Waals surface area contributed by atoms with Crippen LogP contribution in [-0.2, 0) is 9.47 Å². The molecular weight excluding hydrogens is 268 g/mol. The standard InChI is InChI=1S/C16H34N2O3/c1-12(10-16(7,8)20-9)17-11-15(5,6)18-13(19)21-14(2,3)4/h12,17H,10-11H2,1-9H3,(H,18,19). The monoisotopic (exact) mass is 302 g/mol. The lowest BCUT2D eigenvalue weighted by Crippen LogP contribution is -2.53. The smallest absolute Gasteiger partial charge is 0.408 e. The van der Waals surface area contributed by atoms with Crippen LogP contribution in [0.5, 0.6) is 0 Å². The maximum atomic E-state index is 11.8. The lowest BCUT2D eigenvalue weighted by Gasteiger charge is -2.32. The zero-order valence-electron chi connectivity index (χ0n) is 15.2. The molecule has 0 aliphatic heterocycles. The molecule has 0 radical (unpaired) electrons. The van der Waals surface area contributed by atoms with Crippen LogP contribution in [0.4, 0.5) is 4.79 Å². The molecule has 5 nitrogen and oxygen atoms in total. The van der Waals surface area contributed by atoms with Gasteiger partial charge < -0.3 is 20.1 Å². The van der Waals surface area contributed by atoms with Crippen molar-refractivity contribution in [2.24, 2.45) is 0 Å². The number of carbonyl (C=O) groups excluding carboxylic acids is 1. The van der Waals surface area contributed by atoms with Crippen LogP contribution in [0.2, 0.25) is 0 Å². The second kappa shape index (κ2) is 7.45. The molecule has 1 amide bonds. The summed E-state index contributed by atoms with van der Waals surface area (Å²) in [6.45, 7) is 16.4. The van der Waals surface area contributed by atoms with E-state index in [1.54, 1.807) is 7.11 Å². The number of ether oxygens (including phenoxy) is 2. The first-order valence-corrected chi connectivity index (χ1v) is 7.56. The molecule has 0 aromatic carbocycles. The van der Waals surface area contributed by atoms with Gasteiger partial charge in [-0.1, -0.05) is 0 Å². The summed E-state index contributed by atoms with van der Waals surface area (Å²) in [6.07, 6.45) is 0.505. The summed E-state index contributed by atoms with van der Waals surface area (Å²) in [5.74, 6) is 0. The minimum atomic E-state index is -0.483. The summed E-state index contributed by atoms with van der Waals surface area (Å²) >= 11 is 0. The molecular formula is C16H34N2O3. The van der Waals surface area contributed by atoms with Gasteiger partial charge in [0, 0.05) is 19.7 Å². The number of hydrogen-bond acceptors (Lipinski definition) is 4. The Morgan fingerprint density at radius 1 is 1.10 bits per heavy atom. The Balaban J connectivity index is 4.27. The van der Waals surface area contributed by atoms with Gasteiger partial charge in [0.05, 0.1) is 11.1 Å². The molecule has 0 saturated carbocycles. The third-order valence-corrected chi connectivity index (χ3v) is 3.08. The molecule has 0 bridgehead atoms. The molecule has 5 heteroatoms. The average Bonchev–Trinajstić information content (AvgIpc) is 2.22. The highest BCUT2D eigenvalue weighted by Crippen LogP contribution is 2.16. The molecule has 0 spiro atoms. The first kappa shape index (κ1) is 20.2. The van der Waals surface area contributed by atoms with Crippen LogP contribution in [-0.4, -0.2) is 42.5 Å². The first-order chi connectivity index (χ1) is 9.26. The number of rotatable bonds is 7. The van der Waals surface area contributed by atoms with Crippen molar-refractivity contribution in [1.29, 1.82) is 0 Å². The maximum absolute atomic E-state index is 11.8. The predicted octanol–water partition coefficient (Wildman–Crippen LogP) is 3.08. The van der Waals surface area contributed by atoms with Gasteiger partial charge in [-0.25, -0.2) is 4.79 Å². The van der Waals surface area contributed by atoms with E-state index in [1.807, 2.05) is 34.6 Å². The van der Waals surface area contributed by atoms with Gasteiger partial charge in [-0.3, -0.25) is 0 Å². The van der Waals surface area contributed by atoms with Gasteiger partial charge in [0.1, 0.15) is 5.60 Å². The van der Waals surface area contributed by atoms with Crippen molar-refractivity contribution in [2.75, 3.05) is 13.7 Å². The Morgan fingerprint density at radius 3 is 2.05 bits per heavy atom. The van der Waals surface area contributed by atoms with E-state index in [-0.39, 0.29) is 17.2 Å². The second-order valence-electron chi connectivity index (χ2n) is 7.96. The molecule has 0 aromatic rings. The number of methoxy groups -OCH3 is 1. The molecule has 2 N–H and O–H groups in total. The average molecular weight is 302 g/mol. The zero-order chi connectivity index (χ0) is 16.9. The Bertz CT molecular complexity index is 333. The zero-order valence-corrected chi connectivity index (χ0v) is 15.2. The Kier molecular flexibility index (Phi) is 7.16. The molecule has 0 heterocycles. The van der Waals surface area contributed by atoms with Gasteiger partial charge in [0.15, 0.2) is 0 Å². The van der Waals surface area contributed by atoms with E-state index in [9.17, 15) is 4.79 Å². The normalized spacial score (nSPS) is 14.7. The van der Waals surface area contributed by atoms with E-state index in [0.717, 1.165) is 6.42 Å². The molecule has 126 valence electrons. The van der Waals surface area contributed by atoms with E-state index in [2.05, 4.69) is 31.4 Å². The van der Waals surface area contributed by atoms with Gasteiger partial charge in [0.25, 0.3) is 0 Å². The maximum Gasteiger partial charge on any atom is 0.408 e. The Morgan fingerprint density at radius 2 is 1.62 bits per heavy atom. The topological polar surface area (TPSA) is 59.6 Å². The number of amides is 1. The van der Waals surface area contributed by atoms with Crippen molar-refractivity contribution in [3.05, 3.63) is 0 Å². The van der Waals surface area contributed by atoms with Crippen molar-refractivity contribution in [2.45, 2.75) is 84.6 Å². The summed E-state index contributed by atoms with van der Waals surface area (Å²) in [6, 6.07) is 0.291. The van der Waals surface area contributed by atoms with Gasteiger partial charge in [0.2, 0.25) is 0 Å². The van der Waals surface area contributed by atoms with Crippen LogP contribution in [0.25, 0.3) is 0 Å². The van der Waals surface area contributed by atoms with Gasteiger partial charge in [-0.05, 0) is 61.8 Å². The van der Waals surface area contributed by atoms with Crippen molar-refractivity contribution >= 4 is 6.09 Å².